The van der Waals surface area contributed by atoms with Crippen LogP contribution in [0.5, 0.6) is 5.75 Å². The van der Waals surface area contributed by atoms with E-state index in [1.165, 1.54) is 4.31 Å². The number of anilines is 1. The number of hydrogen-bond acceptors (Lipinski definition) is 4. The van der Waals surface area contributed by atoms with Crippen molar-refractivity contribution < 1.29 is 17.9 Å². The first-order valence-corrected chi connectivity index (χ1v) is 10.6. The second-order valence-electron chi connectivity index (χ2n) is 6.50. The molecule has 1 aliphatic rings. The van der Waals surface area contributed by atoms with Crippen molar-refractivity contribution in [1.82, 2.24) is 5.32 Å². The van der Waals surface area contributed by atoms with Crippen molar-refractivity contribution in [3.05, 3.63) is 59.7 Å². The zero-order valence-corrected chi connectivity index (χ0v) is 16.2. The summed E-state index contributed by atoms with van der Waals surface area (Å²) >= 11 is 0. The van der Waals surface area contributed by atoms with E-state index in [-0.39, 0.29) is 11.7 Å². The summed E-state index contributed by atoms with van der Waals surface area (Å²) < 4.78 is 30.9. The fraction of sp³-hybridized carbons (Fsp3) is 0.350. The van der Waals surface area contributed by atoms with Crippen molar-refractivity contribution in [2.45, 2.75) is 19.3 Å². The Hall–Kier alpha value is -2.54. The first kappa shape index (κ1) is 19.2. The van der Waals surface area contributed by atoms with Crippen LogP contribution in [0.4, 0.5) is 5.69 Å². The third-order valence-corrected chi connectivity index (χ3v) is 6.47. The average Bonchev–Trinajstić information content (AvgIpc) is 2.68. The highest BCUT2D eigenvalue weighted by Gasteiger charge is 2.25. The summed E-state index contributed by atoms with van der Waals surface area (Å²) in [4.78, 5) is 12.3. The molecule has 0 unspecified atom stereocenters. The van der Waals surface area contributed by atoms with Gasteiger partial charge in [-0.05, 0) is 61.2 Å². The van der Waals surface area contributed by atoms with Gasteiger partial charge in [0.2, 0.25) is 10.0 Å². The maximum atomic E-state index is 12.3. The van der Waals surface area contributed by atoms with Crippen LogP contribution in [0.3, 0.4) is 0 Å². The molecule has 0 aliphatic carbocycles. The molecule has 1 heterocycles. The van der Waals surface area contributed by atoms with Crippen molar-refractivity contribution in [1.29, 1.82) is 0 Å². The van der Waals surface area contributed by atoms with Gasteiger partial charge in [0, 0.05) is 18.7 Å². The molecule has 3 rings (SSSR count). The molecule has 1 saturated heterocycles. The van der Waals surface area contributed by atoms with E-state index in [1.54, 1.807) is 31.4 Å². The van der Waals surface area contributed by atoms with E-state index in [9.17, 15) is 13.2 Å². The third kappa shape index (κ3) is 4.80. The highest BCUT2D eigenvalue weighted by Crippen LogP contribution is 2.23. The number of carbonyl (C=O) groups is 1. The van der Waals surface area contributed by atoms with Gasteiger partial charge in [-0.1, -0.05) is 12.1 Å². The van der Waals surface area contributed by atoms with Gasteiger partial charge in [-0.2, -0.15) is 0 Å². The van der Waals surface area contributed by atoms with E-state index in [2.05, 4.69) is 5.32 Å². The minimum Gasteiger partial charge on any atom is -0.497 e. The highest BCUT2D eigenvalue weighted by molar-refractivity contribution is 7.92. The van der Waals surface area contributed by atoms with Gasteiger partial charge in [-0.15, -0.1) is 0 Å². The molecule has 144 valence electrons. The number of hydrogen-bond donors (Lipinski definition) is 1. The molecule has 1 aliphatic heterocycles. The number of amides is 1. The predicted molar refractivity (Wildman–Crippen MR) is 106 cm³/mol. The van der Waals surface area contributed by atoms with E-state index in [1.807, 2.05) is 24.3 Å². The van der Waals surface area contributed by atoms with Crippen LogP contribution in [0.15, 0.2) is 48.5 Å². The maximum absolute atomic E-state index is 12.3. The van der Waals surface area contributed by atoms with Gasteiger partial charge in [0.25, 0.3) is 5.91 Å². The smallest absolute Gasteiger partial charge is 0.251 e. The third-order valence-electron chi connectivity index (χ3n) is 4.60. The molecule has 0 spiro atoms. The quantitative estimate of drug-likeness (QED) is 0.825. The van der Waals surface area contributed by atoms with E-state index in [0.29, 0.717) is 37.2 Å². The standard InChI is InChI=1S/C20H24N2O4S/c1-26-19-6-4-5-16(15-19)11-12-21-20(23)17-7-9-18(10-8-17)22-13-2-3-14-27(22,24)25/h4-10,15H,2-3,11-14H2,1H3,(H,21,23). The Morgan fingerprint density at radius 3 is 2.63 bits per heavy atom. The number of methoxy groups -OCH3 is 1. The molecule has 0 atom stereocenters. The lowest BCUT2D eigenvalue weighted by molar-refractivity contribution is 0.0954. The normalized spacial score (nSPS) is 16.0. The van der Waals surface area contributed by atoms with Gasteiger partial charge >= 0.3 is 0 Å². The first-order valence-electron chi connectivity index (χ1n) is 9.01. The number of nitrogens with one attached hydrogen (secondary N) is 1. The van der Waals surface area contributed by atoms with Gasteiger partial charge in [0.15, 0.2) is 0 Å². The molecule has 2 aromatic carbocycles. The molecule has 1 fully saturated rings. The summed E-state index contributed by atoms with van der Waals surface area (Å²) in [6, 6.07) is 14.5. The SMILES string of the molecule is COc1cccc(CCNC(=O)c2ccc(N3CCCCS3(=O)=O)cc2)c1. The minimum absolute atomic E-state index is 0.175. The fourth-order valence-electron chi connectivity index (χ4n) is 3.11. The van der Waals surface area contributed by atoms with Crippen LogP contribution in [0, 0.1) is 0 Å². The molecule has 7 heteroatoms. The summed E-state index contributed by atoms with van der Waals surface area (Å²) in [7, 11) is -1.61. The second kappa shape index (κ2) is 8.43. The Balaban J connectivity index is 1.57. The number of rotatable bonds is 6. The lowest BCUT2D eigenvalue weighted by atomic mass is 10.1. The van der Waals surface area contributed by atoms with Gasteiger partial charge < -0.3 is 10.1 Å². The summed E-state index contributed by atoms with van der Waals surface area (Å²) in [5.41, 5.74) is 2.21. The zero-order valence-electron chi connectivity index (χ0n) is 15.3. The average molecular weight is 388 g/mol. The molecule has 27 heavy (non-hydrogen) atoms. The monoisotopic (exact) mass is 388 g/mol. The van der Waals surface area contributed by atoms with Crippen LogP contribution in [-0.2, 0) is 16.4 Å². The van der Waals surface area contributed by atoms with Crippen LogP contribution >= 0.6 is 0 Å². The first-order chi connectivity index (χ1) is 13.0. The Bertz CT molecular complexity index is 894. The van der Waals surface area contributed by atoms with Crippen molar-refractivity contribution >= 4 is 21.6 Å². The van der Waals surface area contributed by atoms with Gasteiger partial charge in [-0.3, -0.25) is 9.10 Å². The van der Waals surface area contributed by atoms with Gasteiger partial charge in [0.05, 0.1) is 18.6 Å². The molecule has 0 aromatic heterocycles. The Labute approximate surface area is 160 Å². The molecule has 2 aromatic rings. The molecule has 0 bridgehead atoms. The van der Waals surface area contributed by atoms with Crippen molar-refractivity contribution in [2.75, 3.05) is 30.3 Å². The Morgan fingerprint density at radius 1 is 1.15 bits per heavy atom. The molecular weight excluding hydrogens is 364 g/mol. The summed E-state index contributed by atoms with van der Waals surface area (Å²) in [5, 5.41) is 2.89. The fourth-order valence-corrected chi connectivity index (χ4v) is 4.75. The molecule has 1 N–H and O–H groups in total. The summed E-state index contributed by atoms with van der Waals surface area (Å²) in [5.74, 6) is 0.799. The van der Waals surface area contributed by atoms with Crippen LogP contribution in [0.2, 0.25) is 0 Å². The van der Waals surface area contributed by atoms with E-state index in [4.69, 9.17) is 4.74 Å². The molecule has 1 amide bonds. The van der Waals surface area contributed by atoms with E-state index >= 15 is 0 Å². The second-order valence-corrected chi connectivity index (χ2v) is 8.51. The van der Waals surface area contributed by atoms with Crippen molar-refractivity contribution in [3.63, 3.8) is 0 Å². The molecule has 0 saturated carbocycles. The number of benzene rings is 2. The summed E-state index contributed by atoms with van der Waals surface area (Å²) in [6.07, 6.45) is 2.26. The summed E-state index contributed by atoms with van der Waals surface area (Å²) in [6.45, 7) is 1.00. The van der Waals surface area contributed by atoms with Crippen LogP contribution < -0.4 is 14.4 Å². The molecular formula is C20H24N2O4S. The molecule has 6 nitrogen and oxygen atoms in total. The lowest BCUT2D eigenvalue weighted by Crippen LogP contribution is -2.37. The van der Waals surface area contributed by atoms with Gasteiger partial charge in [0.1, 0.15) is 5.75 Å². The van der Waals surface area contributed by atoms with E-state index in [0.717, 1.165) is 17.7 Å². The van der Waals surface area contributed by atoms with Crippen LogP contribution in [-0.4, -0.2) is 40.3 Å². The van der Waals surface area contributed by atoms with Gasteiger partial charge in [-0.25, -0.2) is 8.42 Å². The maximum Gasteiger partial charge on any atom is 0.251 e. The topological polar surface area (TPSA) is 75.7 Å². The Morgan fingerprint density at radius 2 is 1.93 bits per heavy atom. The lowest BCUT2D eigenvalue weighted by Gasteiger charge is -2.28. The number of ether oxygens (including phenoxy) is 1. The van der Waals surface area contributed by atoms with Crippen LogP contribution in [0.1, 0.15) is 28.8 Å². The Kier molecular flexibility index (Phi) is 6.01. The van der Waals surface area contributed by atoms with E-state index < -0.39 is 10.0 Å². The predicted octanol–water partition coefficient (Wildman–Crippen LogP) is 2.60. The zero-order chi connectivity index (χ0) is 19.3. The van der Waals surface area contributed by atoms with Crippen molar-refractivity contribution in [3.8, 4) is 5.75 Å². The van der Waals surface area contributed by atoms with Crippen LogP contribution in [0.25, 0.3) is 0 Å². The minimum atomic E-state index is -3.24. The van der Waals surface area contributed by atoms with Crippen molar-refractivity contribution in [2.24, 2.45) is 0 Å². The number of nitrogens with zero attached hydrogens (tertiary/aromatic N) is 1. The highest BCUT2D eigenvalue weighted by atomic mass is 32.2. The number of sulfonamides is 1. The number of carbonyl (C=O) groups excluding carboxylic acids is 1. The molecule has 0 radical (unpaired) electrons. The largest absolute Gasteiger partial charge is 0.497 e.